The minimum absolute atomic E-state index is 0.0465. The number of aromatic nitrogens is 3. The van der Waals surface area contributed by atoms with E-state index in [1.807, 2.05) is 26.0 Å². The predicted molar refractivity (Wildman–Crippen MR) is 86.2 cm³/mol. The molecule has 0 aliphatic carbocycles. The molecule has 2 heterocycles. The Morgan fingerprint density at radius 3 is 2.71 bits per heavy atom. The maximum atomic E-state index is 12.2. The van der Waals surface area contributed by atoms with Crippen LogP contribution in [0.2, 0.25) is 5.02 Å². The van der Waals surface area contributed by atoms with E-state index < -0.39 is 0 Å². The molecule has 0 aliphatic rings. The second-order valence-corrected chi connectivity index (χ2v) is 5.67. The molecule has 6 heteroatoms. The van der Waals surface area contributed by atoms with Crippen molar-refractivity contribution in [2.24, 2.45) is 0 Å². The third-order valence-electron chi connectivity index (χ3n) is 3.22. The van der Waals surface area contributed by atoms with E-state index in [4.69, 9.17) is 11.6 Å². The summed E-state index contributed by atoms with van der Waals surface area (Å²) in [6.07, 6.45) is 4.59. The first kappa shape index (κ1) is 15.6. The topological polar surface area (TPSA) is 51.9 Å². The normalized spacial score (nSPS) is 11.1. The van der Waals surface area contributed by atoms with Crippen LogP contribution < -0.4 is 11.0 Å². The van der Waals surface area contributed by atoms with Gasteiger partial charge in [-0.3, -0.25) is 9.13 Å². The lowest BCUT2D eigenvalue weighted by Crippen LogP contribution is -2.26. The van der Waals surface area contributed by atoms with Crippen LogP contribution in [0.25, 0.3) is 0 Å². The summed E-state index contributed by atoms with van der Waals surface area (Å²) in [7, 11) is 0. The number of hydrogen-bond acceptors (Lipinski definition) is 3. The van der Waals surface area contributed by atoms with Crippen LogP contribution in [0.4, 0.5) is 5.82 Å². The maximum Gasteiger partial charge on any atom is 0.328 e. The van der Waals surface area contributed by atoms with Crippen molar-refractivity contribution < 1.29 is 0 Å². The fourth-order valence-corrected chi connectivity index (χ4v) is 2.21. The van der Waals surface area contributed by atoms with Crippen molar-refractivity contribution in [3.63, 3.8) is 0 Å². The molecule has 0 atom stereocenters. The van der Waals surface area contributed by atoms with E-state index in [1.54, 1.807) is 21.5 Å². The zero-order valence-electron chi connectivity index (χ0n) is 12.6. The molecule has 0 fully saturated rings. The van der Waals surface area contributed by atoms with Gasteiger partial charge < -0.3 is 5.32 Å². The lowest BCUT2D eigenvalue weighted by Gasteiger charge is -2.09. The Kier molecular flexibility index (Phi) is 5.07. The van der Waals surface area contributed by atoms with Gasteiger partial charge in [-0.05, 0) is 32.4 Å². The van der Waals surface area contributed by atoms with E-state index in [2.05, 4.69) is 17.2 Å². The van der Waals surface area contributed by atoms with E-state index in [0.717, 1.165) is 18.8 Å². The molecule has 2 rings (SSSR count). The van der Waals surface area contributed by atoms with Crippen LogP contribution in [0.15, 0.2) is 29.3 Å². The van der Waals surface area contributed by atoms with Crippen LogP contribution in [-0.4, -0.2) is 20.7 Å². The molecule has 1 N–H and O–H groups in total. The van der Waals surface area contributed by atoms with Crippen molar-refractivity contribution in [1.29, 1.82) is 0 Å². The summed E-state index contributed by atoms with van der Waals surface area (Å²) in [5, 5.41) is 3.79. The molecule has 0 bridgehead atoms. The molecular weight excluding hydrogens is 288 g/mol. The van der Waals surface area contributed by atoms with Gasteiger partial charge in [0.15, 0.2) is 0 Å². The van der Waals surface area contributed by atoms with Crippen LogP contribution in [-0.2, 0) is 6.54 Å². The molecule has 5 nitrogen and oxygen atoms in total. The zero-order chi connectivity index (χ0) is 15.4. The van der Waals surface area contributed by atoms with Gasteiger partial charge in [0.1, 0.15) is 5.82 Å². The highest BCUT2D eigenvalue weighted by molar-refractivity contribution is 6.31. The second-order valence-electron chi connectivity index (χ2n) is 5.26. The third kappa shape index (κ3) is 3.67. The van der Waals surface area contributed by atoms with Crippen molar-refractivity contribution in [2.75, 3.05) is 11.9 Å². The van der Waals surface area contributed by atoms with Crippen molar-refractivity contribution in [1.82, 2.24) is 14.1 Å². The number of nitrogens with zero attached hydrogens (tertiary/aromatic N) is 3. The molecule has 2 aromatic rings. The number of anilines is 1. The lowest BCUT2D eigenvalue weighted by molar-refractivity contribution is 0.560. The van der Waals surface area contributed by atoms with E-state index in [9.17, 15) is 4.79 Å². The molecule has 0 aliphatic heterocycles. The van der Waals surface area contributed by atoms with Gasteiger partial charge >= 0.3 is 5.69 Å². The Hall–Kier alpha value is -1.75. The Balaban J connectivity index is 2.24. The summed E-state index contributed by atoms with van der Waals surface area (Å²) in [5.74, 6) is 0.785. The quantitative estimate of drug-likeness (QED) is 0.892. The fourth-order valence-electron chi connectivity index (χ4n) is 2.05. The average Bonchev–Trinajstić information content (AvgIpc) is 2.81. The minimum Gasteiger partial charge on any atom is -0.370 e. The molecule has 0 radical (unpaired) electrons. The Morgan fingerprint density at radius 2 is 2.10 bits per heavy atom. The largest absolute Gasteiger partial charge is 0.370 e. The zero-order valence-corrected chi connectivity index (χ0v) is 13.4. The van der Waals surface area contributed by atoms with Crippen LogP contribution in [0.5, 0.6) is 0 Å². The first-order valence-corrected chi connectivity index (χ1v) is 7.57. The highest BCUT2D eigenvalue weighted by Gasteiger charge is 2.10. The maximum absolute atomic E-state index is 12.2. The van der Waals surface area contributed by atoms with Crippen molar-refractivity contribution in [2.45, 2.75) is 39.8 Å². The highest BCUT2D eigenvalue weighted by Crippen LogP contribution is 2.17. The van der Waals surface area contributed by atoms with Gasteiger partial charge in [0.2, 0.25) is 0 Å². The molecule has 0 amide bonds. The predicted octanol–water partition coefficient (Wildman–Crippen LogP) is 3.15. The van der Waals surface area contributed by atoms with Crippen LogP contribution >= 0.6 is 11.6 Å². The highest BCUT2D eigenvalue weighted by atomic mass is 35.5. The number of rotatable bonds is 6. The van der Waals surface area contributed by atoms with Gasteiger partial charge in [0.25, 0.3) is 0 Å². The minimum atomic E-state index is -0.0465. The summed E-state index contributed by atoms with van der Waals surface area (Å²) in [6.45, 7) is 7.29. The number of imidazole rings is 1. The van der Waals surface area contributed by atoms with E-state index in [-0.39, 0.29) is 11.7 Å². The number of nitrogens with one attached hydrogen (secondary N) is 1. The molecule has 0 saturated carbocycles. The SMILES string of the molecule is CCCNc1ccc(Cl)c(Cn2ccn(C(C)C)c2=O)n1. The van der Waals surface area contributed by atoms with Gasteiger partial charge in [0.05, 0.1) is 17.3 Å². The fraction of sp³-hybridized carbons (Fsp3) is 0.467. The van der Waals surface area contributed by atoms with Gasteiger partial charge in [-0.15, -0.1) is 0 Å². The molecule has 0 saturated heterocycles. The summed E-state index contributed by atoms with van der Waals surface area (Å²) in [4.78, 5) is 16.7. The van der Waals surface area contributed by atoms with Gasteiger partial charge in [-0.25, -0.2) is 9.78 Å². The van der Waals surface area contributed by atoms with E-state index >= 15 is 0 Å². The molecule has 2 aromatic heterocycles. The molecule has 0 unspecified atom stereocenters. The van der Waals surface area contributed by atoms with Crippen molar-refractivity contribution >= 4 is 17.4 Å². The van der Waals surface area contributed by atoms with Crippen LogP contribution in [0, 0.1) is 0 Å². The summed E-state index contributed by atoms with van der Waals surface area (Å²) in [6, 6.07) is 3.80. The molecule has 114 valence electrons. The van der Waals surface area contributed by atoms with Crippen molar-refractivity contribution in [3.8, 4) is 0 Å². The summed E-state index contributed by atoms with van der Waals surface area (Å²) >= 11 is 6.19. The number of hydrogen-bond donors (Lipinski definition) is 1. The lowest BCUT2D eigenvalue weighted by atomic mass is 10.3. The van der Waals surface area contributed by atoms with Gasteiger partial charge in [-0.1, -0.05) is 18.5 Å². The molecule has 21 heavy (non-hydrogen) atoms. The second kappa shape index (κ2) is 6.80. The third-order valence-corrected chi connectivity index (χ3v) is 3.57. The first-order chi connectivity index (χ1) is 10.0. The molecule has 0 aromatic carbocycles. The Labute approximate surface area is 129 Å². The van der Waals surface area contributed by atoms with E-state index in [0.29, 0.717) is 17.3 Å². The number of halogens is 1. The van der Waals surface area contributed by atoms with E-state index in [1.165, 1.54) is 0 Å². The monoisotopic (exact) mass is 308 g/mol. The smallest absolute Gasteiger partial charge is 0.328 e. The number of pyridine rings is 1. The van der Waals surface area contributed by atoms with Gasteiger partial charge in [-0.2, -0.15) is 0 Å². The average molecular weight is 309 g/mol. The van der Waals surface area contributed by atoms with Crippen molar-refractivity contribution in [3.05, 3.63) is 45.7 Å². The van der Waals surface area contributed by atoms with Crippen LogP contribution in [0.3, 0.4) is 0 Å². The summed E-state index contributed by atoms with van der Waals surface area (Å²) in [5.41, 5.74) is 0.649. The Morgan fingerprint density at radius 1 is 1.33 bits per heavy atom. The first-order valence-electron chi connectivity index (χ1n) is 7.19. The van der Waals surface area contributed by atoms with Crippen LogP contribution in [0.1, 0.15) is 38.9 Å². The molecular formula is C15H21ClN4O. The Bertz CT molecular complexity index is 660. The summed E-state index contributed by atoms with van der Waals surface area (Å²) < 4.78 is 3.31. The van der Waals surface area contributed by atoms with Gasteiger partial charge in [0, 0.05) is 25.0 Å². The standard InChI is InChI=1S/C15H21ClN4O/c1-4-7-17-14-6-5-12(16)13(18-14)10-19-8-9-20(11(2)3)15(19)21/h5-6,8-9,11H,4,7,10H2,1-3H3,(H,17,18). The molecule has 0 spiro atoms.